The molecule has 3 nitrogen and oxygen atoms in total. The van der Waals surface area contributed by atoms with Crippen molar-refractivity contribution in [2.24, 2.45) is 5.73 Å². The Hall–Kier alpha value is -1.48. The third-order valence-electron chi connectivity index (χ3n) is 1.61. The van der Waals surface area contributed by atoms with Crippen molar-refractivity contribution in [3.05, 3.63) is 36.3 Å². The molecule has 0 saturated carbocycles. The molecule has 1 aromatic rings. The molecule has 1 aliphatic heterocycles. The van der Waals surface area contributed by atoms with Crippen LogP contribution in [0.2, 0.25) is 0 Å². The molecule has 12 heavy (non-hydrogen) atoms. The fraction of sp³-hybridized carbons (Fsp3) is 0.111. The number of ether oxygens (including phenoxy) is 2. The first-order valence-electron chi connectivity index (χ1n) is 3.73. The SMILES string of the molecule is NCC1=COc2ccccc2O1. The molecule has 0 spiro atoms. The van der Waals surface area contributed by atoms with E-state index in [0.29, 0.717) is 12.3 Å². The van der Waals surface area contributed by atoms with Crippen LogP contribution in [-0.2, 0) is 0 Å². The van der Waals surface area contributed by atoms with Gasteiger partial charge in [-0.1, -0.05) is 12.1 Å². The lowest BCUT2D eigenvalue weighted by molar-refractivity contribution is 0.322. The minimum absolute atomic E-state index is 0.355. The highest BCUT2D eigenvalue weighted by molar-refractivity contribution is 5.42. The summed E-state index contributed by atoms with van der Waals surface area (Å²) in [6.07, 6.45) is 1.53. The van der Waals surface area contributed by atoms with Crippen LogP contribution in [-0.4, -0.2) is 6.54 Å². The summed E-state index contributed by atoms with van der Waals surface area (Å²) < 4.78 is 10.7. The molecule has 0 saturated heterocycles. The zero-order valence-electron chi connectivity index (χ0n) is 6.49. The summed E-state index contributed by atoms with van der Waals surface area (Å²) in [7, 11) is 0. The molecule has 0 aliphatic carbocycles. The van der Waals surface area contributed by atoms with Crippen LogP contribution < -0.4 is 15.2 Å². The van der Waals surface area contributed by atoms with Crippen LogP contribution in [0.5, 0.6) is 11.5 Å². The van der Waals surface area contributed by atoms with E-state index >= 15 is 0 Å². The first-order chi connectivity index (χ1) is 5.90. The van der Waals surface area contributed by atoms with Gasteiger partial charge in [0.1, 0.15) is 6.26 Å². The first-order valence-corrected chi connectivity index (χ1v) is 3.73. The van der Waals surface area contributed by atoms with Gasteiger partial charge in [-0.15, -0.1) is 0 Å². The lowest BCUT2D eigenvalue weighted by atomic mass is 10.3. The minimum atomic E-state index is 0.355. The van der Waals surface area contributed by atoms with Crippen LogP contribution in [0.1, 0.15) is 0 Å². The number of benzene rings is 1. The van der Waals surface area contributed by atoms with Gasteiger partial charge in [-0.05, 0) is 12.1 Å². The van der Waals surface area contributed by atoms with Gasteiger partial charge >= 0.3 is 0 Å². The van der Waals surface area contributed by atoms with E-state index in [2.05, 4.69) is 0 Å². The Kier molecular flexibility index (Phi) is 1.72. The van der Waals surface area contributed by atoms with Gasteiger partial charge in [0.25, 0.3) is 0 Å². The molecule has 62 valence electrons. The maximum atomic E-state index is 5.39. The number of rotatable bonds is 1. The number of fused-ring (bicyclic) bond motifs is 1. The van der Waals surface area contributed by atoms with E-state index < -0.39 is 0 Å². The summed E-state index contributed by atoms with van der Waals surface area (Å²) in [4.78, 5) is 0. The molecule has 1 heterocycles. The third kappa shape index (κ3) is 1.14. The van der Waals surface area contributed by atoms with E-state index in [1.807, 2.05) is 24.3 Å². The summed E-state index contributed by atoms with van der Waals surface area (Å²) in [6.45, 7) is 0.355. The number of para-hydroxylation sites is 2. The van der Waals surface area contributed by atoms with E-state index in [9.17, 15) is 0 Å². The lowest BCUT2D eigenvalue weighted by Gasteiger charge is -2.16. The maximum Gasteiger partial charge on any atom is 0.169 e. The summed E-state index contributed by atoms with van der Waals surface area (Å²) in [5.74, 6) is 2.10. The Labute approximate surface area is 70.4 Å². The van der Waals surface area contributed by atoms with Crippen LogP contribution in [0.25, 0.3) is 0 Å². The molecule has 0 fully saturated rings. The minimum Gasteiger partial charge on any atom is -0.457 e. The van der Waals surface area contributed by atoms with E-state index in [1.54, 1.807) is 0 Å². The van der Waals surface area contributed by atoms with E-state index in [4.69, 9.17) is 15.2 Å². The zero-order valence-corrected chi connectivity index (χ0v) is 6.49. The smallest absolute Gasteiger partial charge is 0.169 e. The number of hydrogen-bond acceptors (Lipinski definition) is 3. The largest absolute Gasteiger partial charge is 0.457 e. The van der Waals surface area contributed by atoms with Gasteiger partial charge in [0, 0.05) is 0 Å². The predicted octanol–water partition coefficient (Wildman–Crippen LogP) is 1.26. The second kappa shape index (κ2) is 2.87. The van der Waals surface area contributed by atoms with Gasteiger partial charge in [-0.3, -0.25) is 0 Å². The average Bonchev–Trinajstić information content (AvgIpc) is 2.17. The molecular weight excluding hydrogens is 154 g/mol. The van der Waals surface area contributed by atoms with E-state index in [1.165, 1.54) is 6.26 Å². The topological polar surface area (TPSA) is 44.5 Å². The van der Waals surface area contributed by atoms with Crippen molar-refractivity contribution in [1.82, 2.24) is 0 Å². The molecule has 0 radical (unpaired) electrons. The normalized spacial score (nSPS) is 13.9. The second-order valence-electron chi connectivity index (χ2n) is 2.45. The Balaban J connectivity index is 2.31. The van der Waals surface area contributed by atoms with Gasteiger partial charge in [0.15, 0.2) is 17.3 Å². The predicted molar refractivity (Wildman–Crippen MR) is 44.8 cm³/mol. The molecule has 0 bridgehead atoms. The molecule has 1 aliphatic rings. The monoisotopic (exact) mass is 163 g/mol. The highest BCUT2D eigenvalue weighted by Gasteiger charge is 2.11. The van der Waals surface area contributed by atoms with Crippen molar-refractivity contribution < 1.29 is 9.47 Å². The van der Waals surface area contributed by atoms with Crippen LogP contribution in [0.4, 0.5) is 0 Å². The summed E-state index contributed by atoms with van der Waals surface area (Å²) in [5, 5.41) is 0. The van der Waals surface area contributed by atoms with Gasteiger partial charge in [-0.2, -0.15) is 0 Å². The molecule has 0 amide bonds. The van der Waals surface area contributed by atoms with E-state index in [-0.39, 0.29) is 0 Å². The van der Waals surface area contributed by atoms with Gasteiger partial charge in [-0.25, -0.2) is 0 Å². The van der Waals surface area contributed by atoms with Crippen molar-refractivity contribution in [1.29, 1.82) is 0 Å². The third-order valence-corrected chi connectivity index (χ3v) is 1.61. The molecule has 3 heteroatoms. The molecule has 0 unspecified atom stereocenters. The number of hydrogen-bond donors (Lipinski definition) is 1. The van der Waals surface area contributed by atoms with Crippen molar-refractivity contribution in [3.63, 3.8) is 0 Å². The van der Waals surface area contributed by atoms with E-state index in [0.717, 1.165) is 11.5 Å². The van der Waals surface area contributed by atoms with Gasteiger partial charge in [0.05, 0.1) is 6.54 Å². The zero-order chi connectivity index (χ0) is 8.39. The molecule has 2 N–H and O–H groups in total. The summed E-state index contributed by atoms with van der Waals surface area (Å²) >= 11 is 0. The fourth-order valence-corrected chi connectivity index (χ4v) is 1.02. The molecule has 2 rings (SSSR count). The van der Waals surface area contributed by atoms with Crippen molar-refractivity contribution in [2.45, 2.75) is 0 Å². The van der Waals surface area contributed by atoms with Crippen molar-refractivity contribution in [3.8, 4) is 11.5 Å². The Morgan fingerprint density at radius 1 is 1.17 bits per heavy atom. The standard InChI is InChI=1S/C9H9NO2/c10-5-7-6-11-8-3-1-2-4-9(8)12-7/h1-4,6H,5,10H2. The quantitative estimate of drug-likeness (QED) is 0.677. The molecule has 0 aromatic heterocycles. The molecule has 0 atom stereocenters. The van der Waals surface area contributed by atoms with Crippen LogP contribution in [0.3, 0.4) is 0 Å². The Morgan fingerprint density at radius 3 is 2.67 bits per heavy atom. The van der Waals surface area contributed by atoms with Crippen LogP contribution >= 0.6 is 0 Å². The summed E-state index contributed by atoms with van der Waals surface area (Å²) in [5.41, 5.74) is 5.39. The van der Waals surface area contributed by atoms with Crippen molar-refractivity contribution in [2.75, 3.05) is 6.54 Å². The average molecular weight is 163 g/mol. The highest BCUT2D eigenvalue weighted by atomic mass is 16.6. The fourth-order valence-electron chi connectivity index (χ4n) is 1.02. The van der Waals surface area contributed by atoms with Crippen LogP contribution in [0, 0.1) is 0 Å². The second-order valence-corrected chi connectivity index (χ2v) is 2.45. The van der Waals surface area contributed by atoms with Crippen molar-refractivity contribution >= 4 is 0 Å². The van der Waals surface area contributed by atoms with Crippen LogP contribution in [0.15, 0.2) is 36.3 Å². The lowest BCUT2D eigenvalue weighted by Crippen LogP contribution is -2.13. The number of nitrogens with two attached hydrogens (primary N) is 1. The maximum absolute atomic E-state index is 5.39. The molecule has 1 aromatic carbocycles. The highest BCUT2D eigenvalue weighted by Crippen LogP contribution is 2.31. The summed E-state index contributed by atoms with van der Waals surface area (Å²) in [6, 6.07) is 7.47. The molecular formula is C9H9NO2. The van der Waals surface area contributed by atoms with Gasteiger partial charge < -0.3 is 15.2 Å². The Morgan fingerprint density at radius 2 is 1.92 bits per heavy atom. The van der Waals surface area contributed by atoms with Gasteiger partial charge in [0.2, 0.25) is 0 Å². The Bertz CT molecular complexity index is 320. The first kappa shape index (κ1) is 7.18.